The molecular weight excluding hydrogens is 1230 g/mol. The van der Waals surface area contributed by atoms with Crippen molar-refractivity contribution < 1.29 is 80.2 Å². The number of carbonyl (C=O) groups is 4. The summed E-state index contributed by atoms with van der Waals surface area (Å²) in [6, 6.07) is 0. The third kappa shape index (κ3) is 68.1. The molecule has 0 heterocycles. The number of allylic oxidation sites excluding steroid dienone is 4. The van der Waals surface area contributed by atoms with Crippen LogP contribution < -0.4 is 0 Å². The van der Waals surface area contributed by atoms with E-state index >= 15 is 0 Å². The van der Waals surface area contributed by atoms with E-state index < -0.39 is 97.5 Å². The number of ether oxygens (including phenoxy) is 4. The van der Waals surface area contributed by atoms with Crippen molar-refractivity contribution in [3.8, 4) is 0 Å². The number of phosphoric acid groups is 2. The zero-order chi connectivity index (χ0) is 69.1. The molecule has 554 valence electrons. The zero-order valence-electron chi connectivity index (χ0n) is 60.6. The van der Waals surface area contributed by atoms with Gasteiger partial charge in [0.15, 0.2) is 12.2 Å². The number of hydrogen-bond donors (Lipinski definition) is 3. The number of phosphoric ester groups is 2. The minimum Gasteiger partial charge on any atom is -0.462 e. The molecule has 0 saturated carbocycles. The molecule has 19 heteroatoms. The third-order valence-corrected chi connectivity index (χ3v) is 18.8. The predicted octanol–water partition coefficient (Wildman–Crippen LogP) is 21.6. The van der Waals surface area contributed by atoms with E-state index in [9.17, 15) is 43.2 Å². The summed E-state index contributed by atoms with van der Waals surface area (Å²) in [6.45, 7) is 7.18. The Labute approximate surface area is 573 Å². The van der Waals surface area contributed by atoms with E-state index in [-0.39, 0.29) is 25.7 Å². The lowest BCUT2D eigenvalue weighted by molar-refractivity contribution is -0.161. The van der Waals surface area contributed by atoms with Gasteiger partial charge in [0.2, 0.25) is 0 Å². The highest BCUT2D eigenvalue weighted by Crippen LogP contribution is 2.45. The van der Waals surface area contributed by atoms with E-state index in [1.54, 1.807) is 0 Å². The Morgan fingerprint density at radius 2 is 0.574 bits per heavy atom. The quantitative estimate of drug-likeness (QED) is 0.0169. The fraction of sp³-hybridized carbons (Fsp3) is 0.893. The highest BCUT2D eigenvalue weighted by atomic mass is 31.2. The lowest BCUT2D eigenvalue weighted by Gasteiger charge is -2.21. The topological polar surface area (TPSA) is 237 Å². The lowest BCUT2D eigenvalue weighted by atomic mass is 10.0. The summed E-state index contributed by atoms with van der Waals surface area (Å²) in [4.78, 5) is 72.7. The molecule has 0 radical (unpaired) electrons. The van der Waals surface area contributed by atoms with Gasteiger partial charge in [0.25, 0.3) is 0 Å². The Hall–Kier alpha value is -2.46. The number of hydrogen-bond acceptors (Lipinski definition) is 15. The molecule has 0 aromatic carbocycles. The van der Waals surface area contributed by atoms with Crippen LogP contribution in [0.4, 0.5) is 0 Å². The summed E-state index contributed by atoms with van der Waals surface area (Å²) >= 11 is 0. The van der Waals surface area contributed by atoms with Crippen LogP contribution in [-0.4, -0.2) is 96.7 Å². The van der Waals surface area contributed by atoms with Crippen LogP contribution in [-0.2, 0) is 65.4 Å². The largest absolute Gasteiger partial charge is 0.472 e. The van der Waals surface area contributed by atoms with Gasteiger partial charge < -0.3 is 33.8 Å². The minimum atomic E-state index is -4.96. The summed E-state index contributed by atoms with van der Waals surface area (Å²) in [6.07, 6.45) is 59.1. The van der Waals surface area contributed by atoms with Crippen molar-refractivity contribution in [2.75, 3.05) is 39.6 Å². The standard InChI is InChI=1S/C75H142O17P2/c1-6-9-12-15-18-21-23-25-27-28-29-31-33-35-40-45-50-55-60-74(79)91-71(65-86-73(78)59-54-49-44-39-34-32-30-26-24-22-19-16-13-10-7-2)67-90-94(83,84)88-63-69(76)62-87-93(81,82)89-66-70(64-85-72(77)58-53-48-43-37-20-17-14-11-8-3)92-75(80)61-56-51-46-41-36-38-42-47-52-57-68(4)5/h22,24,26,30,68-71,76H,6-21,23,25,27-29,31-67H2,1-5H3,(H,81,82)(H,83,84)/b24-22-,30-26-/t69-,70+,71+/m0/s1. The molecule has 0 aromatic rings. The SMILES string of the molecule is CCCCCC/C=C\C=C/CCCCCCCC(=O)OC[C@H](COP(=O)(O)OC[C@@H](O)COP(=O)(O)OC[C@@H](COC(=O)CCCCCCCCCCC)OC(=O)CCCCCCCCCCCC(C)C)OC(=O)CCCCCCCCCCCCCCCCCCCC. The summed E-state index contributed by atoms with van der Waals surface area (Å²) < 4.78 is 68.4. The van der Waals surface area contributed by atoms with Crippen LogP contribution in [0, 0.1) is 5.92 Å². The van der Waals surface area contributed by atoms with E-state index in [0.717, 1.165) is 115 Å². The molecule has 0 fully saturated rings. The average Bonchev–Trinajstić information content (AvgIpc) is 1.31. The normalized spacial score (nSPS) is 14.1. The van der Waals surface area contributed by atoms with Crippen LogP contribution in [0.3, 0.4) is 0 Å². The molecule has 17 nitrogen and oxygen atoms in total. The molecule has 3 N–H and O–H groups in total. The summed E-state index contributed by atoms with van der Waals surface area (Å²) in [5.41, 5.74) is 0. The molecule has 0 aliphatic carbocycles. The fourth-order valence-corrected chi connectivity index (χ4v) is 12.6. The molecule has 0 bridgehead atoms. The van der Waals surface area contributed by atoms with Crippen LogP contribution in [0.25, 0.3) is 0 Å². The number of esters is 4. The maximum atomic E-state index is 13.1. The maximum Gasteiger partial charge on any atom is 0.472 e. The van der Waals surface area contributed by atoms with Crippen LogP contribution in [0.2, 0.25) is 0 Å². The van der Waals surface area contributed by atoms with Crippen LogP contribution in [0.1, 0.15) is 369 Å². The van der Waals surface area contributed by atoms with Crippen molar-refractivity contribution in [3.63, 3.8) is 0 Å². The van der Waals surface area contributed by atoms with Crippen LogP contribution in [0.15, 0.2) is 24.3 Å². The molecule has 2 unspecified atom stereocenters. The highest BCUT2D eigenvalue weighted by molar-refractivity contribution is 7.47. The van der Waals surface area contributed by atoms with E-state index in [4.69, 9.17) is 37.0 Å². The van der Waals surface area contributed by atoms with Gasteiger partial charge in [-0.25, -0.2) is 9.13 Å². The lowest BCUT2D eigenvalue weighted by Crippen LogP contribution is -2.30. The molecule has 94 heavy (non-hydrogen) atoms. The van der Waals surface area contributed by atoms with Crippen molar-refractivity contribution in [1.82, 2.24) is 0 Å². The first-order valence-electron chi connectivity index (χ1n) is 38.5. The smallest absolute Gasteiger partial charge is 0.462 e. The van der Waals surface area contributed by atoms with E-state index in [1.807, 2.05) is 0 Å². The van der Waals surface area contributed by atoms with Gasteiger partial charge in [-0.15, -0.1) is 0 Å². The number of carbonyl (C=O) groups excluding carboxylic acids is 4. The first-order valence-corrected chi connectivity index (χ1v) is 41.4. The zero-order valence-corrected chi connectivity index (χ0v) is 62.4. The maximum absolute atomic E-state index is 13.1. The second kappa shape index (κ2) is 67.7. The van der Waals surface area contributed by atoms with Gasteiger partial charge in [-0.3, -0.25) is 37.3 Å². The van der Waals surface area contributed by atoms with Gasteiger partial charge in [-0.05, 0) is 57.3 Å². The monoisotopic (exact) mass is 1380 g/mol. The first-order chi connectivity index (χ1) is 45.5. The number of aliphatic hydroxyl groups is 1. The molecule has 0 saturated heterocycles. The predicted molar refractivity (Wildman–Crippen MR) is 381 cm³/mol. The van der Waals surface area contributed by atoms with Gasteiger partial charge in [0.05, 0.1) is 26.4 Å². The third-order valence-electron chi connectivity index (χ3n) is 16.9. The molecule has 0 spiro atoms. The Kier molecular flexibility index (Phi) is 65.9. The summed E-state index contributed by atoms with van der Waals surface area (Å²) in [5, 5.41) is 10.6. The molecule has 0 rings (SSSR count). The van der Waals surface area contributed by atoms with Crippen LogP contribution >= 0.6 is 15.6 Å². The molecule has 0 aromatic heterocycles. The Morgan fingerprint density at radius 3 is 0.872 bits per heavy atom. The van der Waals surface area contributed by atoms with E-state index in [1.165, 1.54) is 173 Å². The fourth-order valence-electron chi connectivity index (χ4n) is 11.0. The first kappa shape index (κ1) is 91.5. The van der Waals surface area contributed by atoms with Gasteiger partial charge >= 0.3 is 39.5 Å². The average molecular weight is 1380 g/mol. The molecule has 0 amide bonds. The number of unbranched alkanes of at least 4 members (excludes halogenated alkanes) is 42. The second-order valence-corrected chi connectivity index (χ2v) is 29.7. The van der Waals surface area contributed by atoms with Gasteiger partial charge in [0, 0.05) is 25.7 Å². The molecule has 0 aliphatic rings. The molecule has 5 atom stereocenters. The van der Waals surface area contributed by atoms with Gasteiger partial charge in [-0.2, -0.15) is 0 Å². The number of aliphatic hydroxyl groups excluding tert-OH is 1. The Bertz CT molecular complexity index is 1900. The Morgan fingerprint density at radius 1 is 0.330 bits per heavy atom. The summed E-state index contributed by atoms with van der Waals surface area (Å²) in [7, 11) is -9.92. The molecule has 0 aliphatic heterocycles. The van der Waals surface area contributed by atoms with Crippen molar-refractivity contribution in [2.24, 2.45) is 5.92 Å². The van der Waals surface area contributed by atoms with E-state index in [2.05, 4.69) is 58.9 Å². The van der Waals surface area contributed by atoms with Crippen molar-refractivity contribution >= 4 is 39.5 Å². The van der Waals surface area contributed by atoms with E-state index in [0.29, 0.717) is 25.7 Å². The highest BCUT2D eigenvalue weighted by Gasteiger charge is 2.30. The number of rotatable bonds is 73. The minimum absolute atomic E-state index is 0.102. The van der Waals surface area contributed by atoms with Gasteiger partial charge in [0.1, 0.15) is 19.3 Å². The summed E-state index contributed by atoms with van der Waals surface area (Å²) in [5.74, 6) is -1.41. The van der Waals surface area contributed by atoms with Crippen molar-refractivity contribution in [3.05, 3.63) is 24.3 Å². The van der Waals surface area contributed by atoms with Crippen molar-refractivity contribution in [2.45, 2.75) is 387 Å². The second-order valence-electron chi connectivity index (χ2n) is 26.8. The molecular formula is C75H142O17P2. The van der Waals surface area contributed by atoms with Crippen molar-refractivity contribution in [1.29, 1.82) is 0 Å². The Balaban J connectivity index is 5.26. The van der Waals surface area contributed by atoms with Crippen LogP contribution in [0.5, 0.6) is 0 Å². The van der Waals surface area contributed by atoms with Gasteiger partial charge in [-0.1, -0.05) is 316 Å².